The SMILES string of the molecule is CCC1CNc2nc(OCC34CCCN3C[C@H](F)C4)nc3c(F)c(-c4cc(O)c(F)c(C)c4C(F)(F)F)nc(c23)O[C@@H](C)CCN1. The molecule has 5 heterocycles. The van der Waals surface area contributed by atoms with E-state index < -0.39 is 69.3 Å². The molecule has 6 rings (SSSR count). The molecule has 3 aromatic rings. The van der Waals surface area contributed by atoms with E-state index in [1.54, 1.807) is 6.92 Å². The quantitative estimate of drug-likeness (QED) is 0.290. The summed E-state index contributed by atoms with van der Waals surface area (Å²) < 4.78 is 101. The van der Waals surface area contributed by atoms with E-state index in [0.717, 1.165) is 19.8 Å². The van der Waals surface area contributed by atoms with Gasteiger partial charge in [-0.05, 0) is 58.7 Å². The van der Waals surface area contributed by atoms with Crippen LogP contribution in [0.5, 0.6) is 17.6 Å². The minimum Gasteiger partial charge on any atom is -0.505 e. The Bertz CT molecular complexity index is 1640. The monoisotopic (exact) mass is 654 g/mol. The first kappa shape index (κ1) is 32.4. The van der Waals surface area contributed by atoms with Gasteiger partial charge in [-0.25, -0.2) is 18.2 Å². The highest BCUT2D eigenvalue weighted by Crippen LogP contribution is 2.46. The standard InChI is InChI=1S/C31H36F6N6O3/c1-4-18-12-39-27-21-26(41-29(42-27)45-14-30-7-5-9-43(30)13-17(32)11-30)24(34)25(40-28(21)46-15(2)6-8-38-18)19-10-20(44)23(33)16(3)22(19)31(35,36)37/h10,15,17-18,38,44H,4-9,11-14H2,1-3H3,(H,39,41,42)/t15-,17+,18?,30?/m0/s1. The second-order valence-electron chi connectivity index (χ2n) is 12.4. The van der Waals surface area contributed by atoms with Crippen LogP contribution in [0, 0.1) is 18.6 Å². The van der Waals surface area contributed by atoms with Crippen molar-refractivity contribution < 1.29 is 40.9 Å². The molecule has 9 nitrogen and oxygen atoms in total. The van der Waals surface area contributed by atoms with Gasteiger partial charge in [0, 0.05) is 36.7 Å². The largest absolute Gasteiger partial charge is 0.505 e. The number of pyridine rings is 1. The second-order valence-corrected chi connectivity index (χ2v) is 12.4. The fraction of sp³-hybridized carbons (Fsp3) is 0.581. The Morgan fingerprint density at radius 1 is 1.20 bits per heavy atom. The number of anilines is 1. The van der Waals surface area contributed by atoms with E-state index in [0.29, 0.717) is 38.5 Å². The third-order valence-electron chi connectivity index (χ3n) is 9.29. The summed E-state index contributed by atoms with van der Waals surface area (Å²) in [6, 6.07) is 0.225. The van der Waals surface area contributed by atoms with E-state index >= 15 is 4.39 Å². The van der Waals surface area contributed by atoms with Crippen LogP contribution < -0.4 is 20.1 Å². The lowest BCUT2D eigenvalue weighted by Crippen LogP contribution is -2.43. The van der Waals surface area contributed by atoms with Crippen LogP contribution in [0.25, 0.3) is 22.2 Å². The van der Waals surface area contributed by atoms with Crippen molar-refractivity contribution in [2.75, 3.05) is 38.1 Å². The van der Waals surface area contributed by atoms with Crippen molar-refractivity contribution in [2.45, 2.75) is 82.9 Å². The van der Waals surface area contributed by atoms with Gasteiger partial charge in [0.15, 0.2) is 17.4 Å². The molecule has 46 heavy (non-hydrogen) atoms. The Morgan fingerprint density at radius 2 is 1.98 bits per heavy atom. The van der Waals surface area contributed by atoms with Crippen LogP contribution in [0.15, 0.2) is 6.07 Å². The number of ether oxygens (including phenoxy) is 2. The topological polar surface area (TPSA) is 105 Å². The molecule has 0 bridgehead atoms. The van der Waals surface area contributed by atoms with Gasteiger partial charge in [-0.3, -0.25) is 4.90 Å². The first-order chi connectivity index (χ1) is 21.8. The Kier molecular flexibility index (Phi) is 8.59. The predicted octanol–water partition coefficient (Wildman–Crippen LogP) is 5.91. The fourth-order valence-electron chi connectivity index (χ4n) is 6.87. The van der Waals surface area contributed by atoms with Crippen molar-refractivity contribution in [3.8, 4) is 28.9 Å². The molecule has 0 aliphatic carbocycles. The molecule has 2 aromatic heterocycles. The van der Waals surface area contributed by atoms with Gasteiger partial charge in [-0.2, -0.15) is 23.1 Å². The maximum atomic E-state index is 16.6. The molecule has 2 unspecified atom stereocenters. The number of benzene rings is 1. The van der Waals surface area contributed by atoms with Crippen molar-refractivity contribution in [1.29, 1.82) is 0 Å². The molecule has 2 fully saturated rings. The predicted molar refractivity (Wildman–Crippen MR) is 158 cm³/mol. The van der Waals surface area contributed by atoms with Crippen LogP contribution in [0.1, 0.15) is 57.1 Å². The van der Waals surface area contributed by atoms with Gasteiger partial charge in [0.05, 0.1) is 17.2 Å². The van der Waals surface area contributed by atoms with Gasteiger partial charge in [0.2, 0.25) is 5.88 Å². The lowest BCUT2D eigenvalue weighted by atomic mass is 9.95. The number of fused-ring (bicyclic) bond motifs is 1. The van der Waals surface area contributed by atoms with Crippen molar-refractivity contribution in [3.05, 3.63) is 28.8 Å². The molecule has 0 amide bonds. The Hall–Kier alpha value is -3.59. The van der Waals surface area contributed by atoms with Crippen molar-refractivity contribution >= 4 is 16.7 Å². The summed E-state index contributed by atoms with van der Waals surface area (Å²) in [5.41, 5.74) is -5.14. The fourth-order valence-corrected chi connectivity index (χ4v) is 6.87. The Labute approximate surface area is 261 Å². The molecule has 250 valence electrons. The normalized spacial score (nSPS) is 25.5. The Morgan fingerprint density at radius 3 is 2.72 bits per heavy atom. The number of hydrogen-bond donors (Lipinski definition) is 3. The summed E-state index contributed by atoms with van der Waals surface area (Å²) >= 11 is 0. The zero-order chi connectivity index (χ0) is 33.0. The number of phenolic OH excluding ortho intramolecular Hbond substituents is 1. The molecule has 2 saturated heterocycles. The first-order valence-corrected chi connectivity index (χ1v) is 15.5. The number of phenols is 1. The van der Waals surface area contributed by atoms with Crippen LogP contribution in [0.3, 0.4) is 0 Å². The number of nitrogens with zero attached hydrogens (tertiary/aromatic N) is 4. The summed E-state index contributed by atoms with van der Waals surface area (Å²) in [5, 5.41) is 16.8. The van der Waals surface area contributed by atoms with Gasteiger partial charge < -0.3 is 25.2 Å². The Balaban J connectivity index is 1.55. The van der Waals surface area contributed by atoms with Gasteiger partial charge >= 0.3 is 12.2 Å². The molecule has 0 spiro atoms. The minimum atomic E-state index is -5.13. The lowest BCUT2D eigenvalue weighted by Gasteiger charge is -2.30. The van der Waals surface area contributed by atoms with Crippen molar-refractivity contribution in [3.63, 3.8) is 0 Å². The molecule has 0 radical (unpaired) electrons. The van der Waals surface area contributed by atoms with E-state index in [1.165, 1.54) is 0 Å². The van der Waals surface area contributed by atoms with Crippen LogP contribution in [0.2, 0.25) is 0 Å². The third kappa shape index (κ3) is 5.87. The highest BCUT2D eigenvalue weighted by molar-refractivity contribution is 5.96. The molecule has 3 aliphatic rings. The van der Waals surface area contributed by atoms with Gasteiger partial charge in [-0.1, -0.05) is 6.92 Å². The zero-order valence-corrected chi connectivity index (χ0v) is 25.7. The van der Waals surface area contributed by atoms with Crippen LogP contribution in [-0.4, -0.2) is 81.6 Å². The number of aromatic hydroxyl groups is 1. The van der Waals surface area contributed by atoms with E-state index in [-0.39, 0.29) is 48.7 Å². The molecule has 3 aliphatic heterocycles. The highest BCUT2D eigenvalue weighted by atomic mass is 19.4. The second kappa shape index (κ2) is 12.2. The number of aromatic nitrogens is 3. The average Bonchev–Trinajstić information content (AvgIpc) is 3.51. The van der Waals surface area contributed by atoms with Crippen LogP contribution in [0.4, 0.5) is 32.2 Å². The zero-order valence-electron chi connectivity index (χ0n) is 25.7. The summed E-state index contributed by atoms with van der Waals surface area (Å²) in [4.78, 5) is 15.1. The summed E-state index contributed by atoms with van der Waals surface area (Å²) in [7, 11) is 0. The maximum Gasteiger partial charge on any atom is 0.417 e. The summed E-state index contributed by atoms with van der Waals surface area (Å²) in [5.74, 6) is -4.00. The molecule has 0 saturated carbocycles. The number of rotatable bonds is 5. The molecule has 1 aromatic carbocycles. The summed E-state index contributed by atoms with van der Waals surface area (Å²) in [6.07, 6.45) is -3.60. The third-order valence-corrected chi connectivity index (χ3v) is 9.29. The molecule has 3 N–H and O–H groups in total. The van der Waals surface area contributed by atoms with E-state index in [2.05, 4.69) is 25.6 Å². The van der Waals surface area contributed by atoms with Gasteiger partial charge in [0.1, 0.15) is 35.2 Å². The minimum absolute atomic E-state index is 0.00867. The number of nitrogens with one attached hydrogen (secondary N) is 2. The number of hydrogen-bond acceptors (Lipinski definition) is 9. The maximum absolute atomic E-state index is 16.6. The van der Waals surface area contributed by atoms with E-state index in [9.17, 15) is 27.1 Å². The molecule has 15 heteroatoms. The lowest BCUT2D eigenvalue weighted by molar-refractivity contribution is -0.137. The molecule has 4 atom stereocenters. The van der Waals surface area contributed by atoms with Gasteiger partial charge in [0.25, 0.3) is 0 Å². The molecular formula is C31H36F6N6O3. The average molecular weight is 655 g/mol. The molecular weight excluding hydrogens is 618 g/mol. The van der Waals surface area contributed by atoms with Crippen molar-refractivity contribution in [2.24, 2.45) is 0 Å². The van der Waals surface area contributed by atoms with Crippen LogP contribution >= 0.6 is 0 Å². The number of halogens is 6. The highest BCUT2D eigenvalue weighted by Gasteiger charge is 2.49. The van der Waals surface area contributed by atoms with E-state index in [4.69, 9.17) is 9.47 Å². The van der Waals surface area contributed by atoms with Crippen LogP contribution in [-0.2, 0) is 6.18 Å². The van der Waals surface area contributed by atoms with Crippen molar-refractivity contribution in [1.82, 2.24) is 25.2 Å². The smallest absolute Gasteiger partial charge is 0.417 e. The number of alkyl halides is 4. The summed E-state index contributed by atoms with van der Waals surface area (Å²) in [6.45, 7) is 6.51. The van der Waals surface area contributed by atoms with E-state index in [1.807, 2.05) is 11.8 Å². The van der Waals surface area contributed by atoms with Gasteiger partial charge in [-0.15, -0.1) is 0 Å². The first-order valence-electron chi connectivity index (χ1n) is 15.5.